The van der Waals surface area contributed by atoms with E-state index in [1.807, 2.05) is 77.9 Å². The molecule has 9 aromatic rings. The maximum atomic E-state index is 13.2. The Hall–Kier alpha value is -8.19. The first-order chi connectivity index (χ1) is 41.8. The van der Waals surface area contributed by atoms with E-state index < -0.39 is 0 Å². The van der Waals surface area contributed by atoms with E-state index in [1.165, 1.54) is 0 Å². The average molecular weight is 1170 g/mol. The van der Waals surface area contributed by atoms with Gasteiger partial charge in [0.25, 0.3) is 17.7 Å². The van der Waals surface area contributed by atoms with Crippen molar-refractivity contribution in [2.45, 2.75) is 128 Å². The second kappa shape index (κ2) is 28.8. The molecule has 6 heterocycles. The van der Waals surface area contributed by atoms with Gasteiger partial charge in [-0.25, -0.2) is 29.9 Å². The molecule has 0 aliphatic rings. The summed E-state index contributed by atoms with van der Waals surface area (Å²) < 4.78 is 25.9. The number of hydrogen-bond donors (Lipinski definition) is 0. The van der Waals surface area contributed by atoms with E-state index in [-0.39, 0.29) is 23.1 Å². The molecule has 0 fully saturated rings. The third-order valence-corrected chi connectivity index (χ3v) is 16.5. The Bertz CT molecular complexity index is 3410. The van der Waals surface area contributed by atoms with E-state index in [0.717, 1.165) is 86.5 Å². The zero-order chi connectivity index (χ0) is 60.9. The Morgan fingerprint density at radius 1 is 0.395 bits per heavy atom. The molecule has 0 aliphatic carbocycles. The van der Waals surface area contributed by atoms with E-state index in [0.29, 0.717) is 133 Å². The summed E-state index contributed by atoms with van der Waals surface area (Å²) in [7, 11) is 0. The SMILES string of the molecule is CCN(CC)C(=O)c1cccc(-c2nc3cc(COCCC(C)(CCOCc4ccc5c(c4)nc(-c4cccc(C(=O)N(CC)CC)n4)n5CC)CCOCc4ccc5c(c4)nc(-c4cccc(C(=O)N(CC)CC)n4)n5CC)ccc3n2CC)n1. The predicted octanol–water partition coefficient (Wildman–Crippen LogP) is 12.6. The van der Waals surface area contributed by atoms with E-state index in [2.05, 4.69) is 96.0 Å². The number of amides is 3. The van der Waals surface area contributed by atoms with Crippen LogP contribution in [-0.2, 0) is 53.7 Å². The quantitative estimate of drug-likeness (QED) is 0.0389. The molecular weight excluding hydrogens is 1080 g/mol. The van der Waals surface area contributed by atoms with Gasteiger partial charge in [0, 0.05) is 78.7 Å². The number of imidazole rings is 3. The van der Waals surface area contributed by atoms with Crippen LogP contribution in [0.4, 0.5) is 0 Å². The molecule has 3 amide bonds. The van der Waals surface area contributed by atoms with E-state index in [9.17, 15) is 14.4 Å². The average Bonchev–Trinajstić information content (AvgIpc) is 2.12. The molecule has 0 N–H and O–H groups in total. The highest BCUT2D eigenvalue weighted by atomic mass is 16.5. The molecule has 0 spiro atoms. The lowest BCUT2D eigenvalue weighted by molar-refractivity contribution is 0.0291. The van der Waals surface area contributed by atoms with Crippen LogP contribution < -0.4 is 0 Å². The Morgan fingerprint density at radius 3 is 0.930 bits per heavy atom. The van der Waals surface area contributed by atoms with E-state index in [1.54, 1.807) is 32.9 Å². The zero-order valence-electron chi connectivity index (χ0n) is 51.9. The first kappa shape index (κ1) is 62.3. The summed E-state index contributed by atoms with van der Waals surface area (Å²) >= 11 is 0. The third-order valence-electron chi connectivity index (χ3n) is 16.5. The van der Waals surface area contributed by atoms with Crippen LogP contribution in [0.15, 0.2) is 109 Å². The lowest BCUT2D eigenvalue weighted by atomic mass is 9.81. The van der Waals surface area contributed by atoms with Crippen LogP contribution in [0, 0.1) is 5.41 Å². The molecular formula is C68H84N12O6. The first-order valence-electron chi connectivity index (χ1n) is 30.8. The standard InChI is InChI=1S/C68H84N12O6/c1-11-75(12-2)65(81)53-26-20-23-50(69-53)62-72-56-41-47(29-32-59(56)78(62)17-7)44-84-38-35-68(10,36-39-85-45-48-30-33-60-57(42-48)73-63(79(60)18-8)51-24-21-27-54(70-51)66(82)76(13-3)14-4)37-40-86-46-49-31-34-61-58(43-49)74-64(80(61)19-9)52-25-22-28-55(71-52)67(83)77(15-5)16-6/h20-34,41-43H,11-19,35-40,44-46H2,1-10H3. The predicted molar refractivity (Wildman–Crippen MR) is 339 cm³/mol. The minimum atomic E-state index is -0.188. The van der Waals surface area contributed by atoms with Crippen molar-refractivity contribution >= 4 is 50.8 Å². The van der Waals surface area contributed by atoms with Crippen LogP contribution in [0.5, 0.6) is 0 Å². The molecule has 18 heteroatoms. The van der Waals surface area contributed by atoms with Crippen LogP contribution in [0.3, 0.4) is 0 Å². The van der Waals surface area contributed by atoms with Crippen molar-refractivity contribution in [2.24, 2.45) is 5.41 Å². The molecule has 86 heavy (non-hydrogen) atoms. The van der Waals surface area contributed by atoms with Gasteiger partial charge in [-0.15, -0.1) is 0 Å². The summed E-state index contributed by atoms with van der Waals surface area (Å²) in [5, 5.41) is 0. The number of nitrogens with zero attached hydrogens (tertiary/aromatic N) is 12. The smallest absolute Gasteiger partial charge is 0.272 e. The van der Waals surface area contributed by atoms with Crippen molar-refractivity contribution in [3.05, 3.63) is 143 Å². The van der Waals surface area contributed by atoms with E-state index in [4.69, 9.17) is 44.1 Å². The molecule has 0 saturated heterocycles. The van der Waals surface area contributed by atoms with Crippen LogP contribution in [0.1, 0.15) is 137 Å². The lowest BCUT2D eigenvalue weighted by Gasteiger charge is -2.29. The Kier molecular flexibility index (Phi) is 20.9. The van der Waals surface area contributed by atoms with Crippen molar-refractivity contribution < 1.29 is 28.6 Å². The molecule has 9 rings (SSSR count). The molecule has 0 bridgehead atoms. The van der Waals surface area contributed by atoms with Crippen molar-refractivity contribution in [2.75, 3.05) is 59.1 Å². The summed E-state index contributed by atoms with van der Waals surface area (Å²) in [5.41, 5.74) is 11.6. The minimum absolute atomic E-state index is 0.0907. The topological polar surface area (TPSA) is 181 Å². The Labute approximate surface area is 505 Å². The number of aromatic nitrogens is 9. The fourth-order valence-electron chi connectivity index (χ4n) is 11.3. The largest absolute Gasteiger partial charge is 0.377 e. The number of hydrogen-bond acceptors (Lipinski definition) is 12. The summed E-state index contributed by atoms with van der Waals surface area (Å²) in [4.78, 5) is 74.6. The highest BCUT2D eigenvalue weighted by Crippen LogP contribution is 2.33. The maximum absolute atomic E-state index is 13.2. The summed E-state index contributed by atoms with van der Waals surface area (Å²) in [6, 6.07) is 35.5. The Balaban J connectivity index is 0.874. The van der Waals surface area contributed by atoms with Gasteiger partial charge in [0.2, 0.25) is 0 Å². The van der Waals surface area contributed by atoms with Crippen molar-refractivity contribution in [1.82, 2.24) is 58.3 Å². The fourth-order valence-corrected chi connectivity index (χ4v) is 11.3. The van der Waals surface area contributed by atoms with Gasteiger partial charge in [-0.05, 0) is 176 Å². The molecule has 0 aliphatic heterocycles. The fraction of sp³-hybridized carbons (Fsp3) is 0.426. The summed E-state index contributed by atoms with van der Waals surface area (Å²) in [5.74, 6) is 1.89. The van der Waals surface area contributed by atoms with Crippen LogP contribution in [0.2, 0.25) is 0 Å². The molecule has 452 valence electrons. The van der Waals surface area contributed by atoms with Gasteiger partial charge < -0.3 is 42.6 Å². The number of rotatable bonds is 30. The number of fused-ring (bicyclic) bond motifs is 3. The molecule has 0 unspecified atom stereocenters. The highest BCUT2D eigenvalue weighted by Gasteiger charge is 2.26. The number of benzene rings is 3. The number of aryl methyl sites for hydroxylation is 3. The van der Waals surface area contributed by atoms with Gasteiger partial charge in [0.05, 0.1) is 52.9 Å². The van der Waals surface area contributed by atoms with Crippen LogP contribution in [-0.4, -0.2) is 135 Å². The summed E-state index contributed by atoms with van der Waals surface area (Å²) in [6.45, 7) is 29.0. The number of pyridine rings is 3. The zero-order valence-corrected chi connectivity index (χ0v) is 51.9. The number of ether oxygens (including phenoxy) is 3. The van der Waals surface area contributed by atoms with Crippen molar-refractivity contribution in [1.29, 1.82) is 0 Å². The number of carbonyl (C=O) groups excluding carboxylic acids is 3. The molecule has 3 aromatic carbocycles. The van der Waals surface area contributed by atoms with Gasteiger partial charge in [0.15, 0.2) is 17.5 Å². The van der Waals surface area contributed by atoms with Crippen molar-refractivity contribution in [3.8, 4) is 34.6 Å². The molecule has 6 aromatic heterocycles. The molecule has 0 radical (unpaired) electrons. The third kappa shape index (κ3) is 13.9. The minimum Gasteiger partial charge on any atom is -0.377 e. The van der Waals surface area contributed by atoms with Gasteiger partial charge in [-0.2, -0.15) is 0 Å². The second-order valence-electron chi connectivity index (χ2n) is 21.9. The highest BCUT2D eigenvalue weighted by molar-refractivity contribution is 5.94. The summed E-state index contributed by atoms with van der Waals surface area (Å²) in [6.07, 6.45) is 2.34. The van der Waals surface area contributed by atoms with Crippen LogP contribution in [0.25, 0.3) is 67.7 Å². The van der Waals surface area contributed by atoms with Gasteiger partial charge in [-0.1, -0.05) is 43.3 Å². The van der Waals surface area contributed by atoms with E-state index >= 15 is 0 Å². The Morgan fingerprint density at radius 2 is 0.674 bits per heavy atom. The maximum Gasteiger partial charge on any atom is 0.272 e. The van der Waals surface area contributed by atoms with Crippen molar-refractivity contribution in [3.63, 3.8) is 0 Å². The number of carbonyl (C=O) groups is 3. The van der Waals surface area contributed by atoms with Gasteiger partial charge >= 0.3 is 0 Å². The van der Waals surface area contributed by atoms with Gasteiger partial charge in [-0.3, -0.25) is 14.4 Å². The molecule has 18 nitrogen and oxygen atoms in total. The monoisotopic (exact) mass is 1160 g/mol. The normalized spacial score (nSPS) is 11.8. The molecule has 0 saturated carbocycles. The molecule has 0 atom stereocenters. The van der Waals surface area contributed by atoms with Gasteiger partial charge in [0.1, 0.15) is 34.2 Å². The van der Waals surface area contributed by atoms with Crippen LogP contribution >= 0.6 is 0 Å². The second-order valence-corrected chi connectivity index (χ2v) is 21.9. The first-order valence-corrected chi connectivity index (χ1v) is 30.8. The lowest BCUT2D eigenvalue weighted by Crippen LogP contribution is -2.31.